The molecule has 0 saturated carbocycles. The van der Waals surface area contributed by atoms with Gasteiger partial charge in [-0.15, -0.1) is 0 Å². The smallest absolute Gasteiger partial charge is 0.336 e. The van der Waals surface area contributed by atoms with E-state index in [1.165, 1.54) is 37.4 Å². The third-order valence-corrected chi connectivity index (χ3v) is 7.22. The second kappa shape index (κ2) is 13.9. The summed E-state index contributed by atoms with van der Waals surface area (Å²) in [7, 11) is -2.38. The van der Waals surface area contributed by atoms with E-state index in [-0.39, 0.29) is 52.2 Å². The number of nitrogens with one attached hydrogen (secondary N) is 3. The number of hydrogen-bond acceptors (Lipinski definition) is 9. The van der Waals surface area contributed by atoms with Gasteiger partial charge in [-0.3, -0.25) is 19.2 Å². The van der Waals surface area contributed by atoms with Crippen LogP contribution in [0.3, 0.4) is 0 Å². The standard InChI is InChI=1S/C29H33N5O8S/c1-5-16(2)23(15-42-43(4,39)40)33-27(35)18-8-11-20(22(14-18)29(37)38)21-12-13-24(41-3)34-25(21)28(36)32-19-9-6-17(7-10-19)26(30)31/h6-14,16,23H,5,15H2,1-4H3,(H3,30,31)(H,32,36)(H,33,35)(H,37,38)/t16-,23+/m0/s1. The van der Waals surface area contributed by atoms with Gasteiger partial charge < -0.3 is 26.2 Å². The van der Waals surface area contributed by atoms with Crippen molar-refractivity contribution in [1.29, 1.82) is 5.41 Å². The first-order valence-corrected chi connectivity index (χ1v) is 14.9. The average molecular weight is 612 g/mol. The van der Waals surface area contributed by atoms with Crippen molar-refractivity contribution < 1.29 is 36.8 Å². The molecule has 6 N–H and O–H groups in total. The first-order valence-electron chi connectivity index (χ1n) is 13.1. The van der Waals surface area contributed by atoms with Gasteiger partial charge in [-0.1, -0.05) is 26.3 Å². The second-order valence-electron chi connectivity index (χ2n) is 9.71. The highest BCUT2D eigenvalue weighted by Gasteiger charge is 2.25. The number of carboxylic acid groups (broad SMARTS) is 1. The number of amidine groups is 1. The maximum atomic E-state index is 13.3. The maximum absolute atomic E-state index is 13.3. The normalized spacial score (nSPS) is 12.6. The van der Waals surface area contributed by atoms with Gasteiger partial charge in [0.2, 0.25) is 5.88 Å². The van der Waals surface area contributed by atoms with E-state index in [4.69, 9.17) is 20.1 Å². The molecule has 13 nitrogen and oxygen atoms in total. The molecule has 0 aliphatic carbocycles. The monoisotopic (exact) mass is 611 g/mol. The molecule has 14 heteroatoms. The number of amides is 2. The molecule has 0 spiro atoms. The van der Waals surface area contributed by atoms with Crippen LogP contribution in [0, 0.1) is 11.3 Å². The van der Waals surface area contributed by atoms with E-state index in [9.17, 15) is 27.9 Å². The third-order valence-electron chi connectivity index (χ3n) is 6.66. The van der Waals surface area contributed by atoms with Crippen molar-refractivity contribution in [3.63, 3.8) is 0 Å². The Bertz CT molecular complexity index is 1640. The minimum Gasteiger partial charge on any atom is -0.481 e. The number of ether oxygens (including phenoxy) is 1. The maximum Gasteiger partial charge on any atom is 0.336 e. The summed E-state index contributed by atoms with van der Waals surface area (Å²) in [5.74, 6) is -2.81. The Labute approximate surface area is 249 Å². The average Bonchev–Trinajstić information content (AvgIpc) is 2.97. The summed E-state index contributed by atoms with van der Waals surface area (Å²) < 4.78 is 33.1. The summed E-state index contributed by atoms with van der Waals surface area (Å²) in [6, 6.07) is 12.5. The summed E-state index contributed by atoms with van der Waals surface area (Å²) in [5.41, 5.74) is 6.22. The van der Waals surface area contributed by atoms with E-state index >= 15 is 0 Å². The van der Waals surface area contributed by atoms with Crippen LogP contribution in [0.2, 0.25) is 0 Å². The lowest BCUT2D eigenvalue weighted by Crippen LogP contribution is -2.43. The molecular weight excluding hydrogens is 578 g/mol. The van der Waals surface area contributed by atoms with Crippen LogP contribution in [-0.2, 0) is 14.3 Å². The predicted molar refractivity (Wildman–Crippen MR) is 160 cm³/mol. The zero-order chi connectivity index (χ0) is 31.9. The van der Waals surface area contributed by atoms with Gasteiger partial charge in [-0.05, 0) is 53.9 Å². The minimum absolute atomic E-state index is 0.00634. The summed E-state index contributed by atoms with van der Waals surface area (Å²) in [6.45, 7) is 3.42. The molecule has 43 heavy (non-hydrogen) atoms. The highest BCUT2D eigenvalue weighted by molar-refractivity contribution is 7.85. The van der Waals surface area contributed by atoms with Crippen LogP contribution in [0.4, 0.5) is 5.69 Å². The quantitative estimate of drug-likeness (QED) is 0.108. The van der Waals surface area contributed by atoms with Crippen LogP contribution in [0.15, 0.2) is 54.6 Å². The van der Waals surface area contributed by atoms with Crippen LogP contribution in [0.25, 0.3) is 11.1 Å². The molecule has 2 amide bonds. The molecule has 1 heterocycles. The molecule has 0 fully saturated rings. The molecule has 3 rings (SSSR count). The van der Waals surface area contributed by atoms with E-state index in [1.54, 1.807) is 24.3 Å². The molecule has 2 atom stereocenters. The number of nitrogens with two attached hydrogens (primary N) is 1. The molecule has 0 unspecified atom stereocenters. The Hall–Kier alpha value is -4.82. The van der Waals surface area contributed by atoms with Gasteiger partial charge in [-0.25, -0.2) is 9.78 Å². The molecule has 2 aromatic carbocycles. The number of methoxy groups -OCH3 is 1. The number of carbonyl (C=O) groups excluding carboxylic acids is 2. The lowest BCUT2D eigenvalue weighted by molar-refractivity contribution is 0.0697. The molecule has 0 aliphatic rings. The zero-order valence-electron chi connectivity index (χ0n) is 24.0. The summed E-state index contributed by atoms with van der Waals surface area (Å²) in [6.07, 6.45) is 1.53. The highest BCUT2D eigenvalue weighted by Crippen LogP contribution is 2.30. The first kappa shape index (κ1) is 32.7. The molecule has 0 saturated heterocycles. The number of carboxylic acids is 1. The minimum atomic E-state index is -3.75. The Morgan fingerprint density at radius 2 is 1.65 bits per heavy atom. The Morgan fingerprint density at radius 1 is 1.02 bits per heavy atom. The number of rotatable bonds is 13. The van der Waals surface area contributed by atoms with Gasteiger partial charge in [0.05, 0.1) is 31.6 Å². The topological polar surface area (TPSA) is 211 Å². The Kier molecular flexibility index (Phi) is 10.6. The number of pyridine rings is 1. The lowest BCUT2D eigenvalue weighted by Gasteiger charge is -2.24. The van der Waals surface area contributed by atoms with Gasteiger partial charge in [0.15, 0.2) is 0 Å². The van der Waals surface area contributed by atoms with Crippen molar-refractivity contribution >= 4 is 39.4 Å². The number of carbonyl (C=O) groups is 3. The summed E-state index contributed by atoms with van der Waals surface area (Å²) >= 11 is 0. The lowest BCUT2D eigenvalue weighted by atomic mass is 9.95. The Balaban J connectivity index is 1.98. The van der Waals surface area contributed by atoms with Crippen LogP contribution < -0.4 is 21.1 Å². The molecule has 228 valence electrons. The van der Waals surface area contributed by atoms with E-state index in [0.29, 0.717) is 17.7 Å². The van der Waals surface area contributed by atoms with E-state index < -0.39 is 33.9 Å². The van der Waals surface area contributed by atoms with Crippen molar-refractivity contribution in [1.82, 2.24) is 10.3 Å². The molecule has 0 aliphatic heterocycles. The fraction of sp³-hybridized carbons (Fsp3) is 0.276. The largest absolute Gasteiger partial charge is 0.481 e. The first-order chi connectivity index (χ1) is 20.2. The summed E-state index contributed by atoms with van der Waals surface area (Å²) in [4.78, 5) is 43.1. The fourth-order valence-electron chi connectivity index (χ4n) is 4.05. The van der Waals surface area contributed by atoms with Crippen molar-refractivity contribution in [2.45, 2.75) is 26.3 Å². The van der Waals surface area contributed by atoms with Crippen LogP contribution >= 0.6 is 0 Å². The van der Waals surface area contributed by atoms with Crippen molar-refractivity contribution in [3.8, 4) is 17.0 Å². The van der Waals surface area contributed by atoms with E-state index in [2.05, 4.69) is 15.6 Å². The SMILES string of the molecule is CC[C@H](C)[C@@H](COS(C)(=O)=O)NC(=O)c1ccc(-c2ccc(OC)nc2C(=O)Nc2ccc(C(=N)N)cc2)c(C(=O)O)c1. The third kappa shape index (κ3) is 8.59. The zero-order valence-corrected chi connectivity index (χ0v) is 24.8. The number of aromatic carboxylic acids is 1. The fourth-order valence-corrected chi connectivity index (χ4v) is 4.44. The van der Waals surface area contributed by atoms with Crippen LogP contribution in [-0.4, -0.2) is 68.1 Å². The second-order valence-corrected chi connectivity index (χ2v) is 11.4. The van der Waals surface area contributed by atoms with E-state index in [0.717, 1.165) is 6.26 Å². The van der Waals surface area contributed by atoms with Gasteiger partial charge >= 0.3 is 5.97 Å². The predicted octanol–water partition coefficient (Wildman–Crippen LogP) is 3.11. The van der Waals surface area contributed by atoms with Crippen LogP contribution in [0.1, 0.15) is 57.0 Å². The molecule has 0 bridgehead atoms. The van der Waals surface area contributed by atoms with Gasteiger partial charge in [0.1, 0.15) is 11.5 Å². The Morgan fingerprint density at radius 3 is 2.21 bits per heavy atom. The number of nitrogens with zero attached hydrogens (tertiary/aromatic N) is 1. The number of aromatic nitrogens is 1. The molecular formula is C29H33N5O8S. The molecule has 0 radical (unpaired) electrons. The highest BCUT2D eigenvalue weighted by atomic mass is 32.2. The van der Waals surface area contributed by atoms with Crippen molar-refractivity contribution in [3.05, 3.63) is 77.0 Å². The molecule has 1 aromatic heterocycles. The number of benzene rings is 2. The number of hydrogen-bond donors (Lipinski definition) is 5. The van der Waals surface area contributed by atoms with Gasteiger partial charge in [-0.2, -0.15) is 8.42 Å². The van der Waals surface area contributed by atoms with Gasteiger partial charge in [0, 0.05) is 28.4 Å². The number of nitrogen functional groups attached to an aromatic ring is 1. The van der Waals surface area contributed by atoms with Crippen molar-refractivity contribution in [2.75, 3.05) is 25.3 Å². The van der Waals surface area contributed by atoms with E-state index in [1.807, 2.05) is 13.8 Å². The van der Waals surface area contributed by atoms with Crippen LogP contribution in [0.5, 0.6) is 5.88 Å². The molecule has 3 aromatic rings. The van der Waals surface area contributed by atoms with Gasteiger partial charge in [0.25, 0.3) is 21.9 Å². The summed E-state index contributed by atoms with van der Waals surface area (Å²) in [5, 5.41) is 23.0. The van der Waals surface area contributed by atoms with Crippen molar-refractivity contribution in [2.24, 2.45) is 11.7 Å². The number of anilines is 1.